The summed E-state index contributed by atoms with van der Waals surface area (Å²) in [5, 5.41) is 12.7. The number of carbonyl (C=O) groups is 2. The molecule has 0 spiro atoms. The van der Waals surface area contributed by atoms with Crippen molar-refractivity contribution < 1.29 is 19.4 Å². The molecule has 2 N–H and O–H groups in total. The molecule has 122 valence electrons. The van der Waals surface area contributed by atoms with Crippen molar-refractivity contribution in [2.75, 3.05) is 13.2 Å². The Balaban J connectivity index is 2.25. The smallest absolute Gasteiger partial charge is 0.309 e. The van der Waals surface area contributed by atoms with E-state index in [1.807, 2.05) is 0 Å². The van der Waals surface area contributed by atoms with Gasteiger partial charge in [0.25, 0.3) is 0 Å². The molecule has 1 rings (SSSR count). The molecular weight excluding hydrogens is 329 g/mol. The molecule has 0 heterocycles. The van der Waals surface area contributed by atoms with Gasteiger partial charge in [0.05, 0.1) is 18.6 Å². The first-order valence-electron chi connectivity index (χ1n) is 6.74. The van der Waals surface area contributed by atoms with Gasteiger partial charge in [0.15, 0.2) is 0 Å². The Hall–Kier alpha value is -1.30. The fourth-order valence-electron chi connectivity index (χ4n) is 1.62. The van der Waals surface area contributed by atoms with Crippen LogP contribution >= 0.6 is 23.2 Å². The zero-order chi connectivity index (χ0) is 16.8. The molecule has 0 aromatic heterocycles. The van der Waals surface area contributed by atoms with Crippen molar-refractivity contribution in [3.8, 4) is 0 Å². The number of hydrogen-bond donors (Lipinski definition) is 2. The Morgan fingerprint density at radius 3 is 2.59 bits per heavy atom. The summed E-state index contributed by atoms with van der Waals surface area (Å²) in [6.45, 7) is 3.94. The van der Waals surface area contributed by atoms with Gasteiger partial charge in [0.1, 0.15) is 0 Å². The Morgan fingerprint density at radius 2 is 2.00 bits per heavy atom. The van der Waals surface area contributed by atoms with E-state index in [4.69, 9.17) is 33.0 Å². The van der Waals surface area contributed by atoms with Crippen molar-refractivity contribution in [2.45, 2.75) is 26.9 Å². The van der Waals surface area contributed by atoms with Crippen LogP contribution in [0, 0.1) is 5.41 Å². The molecule has 5 nitrogen and oxygen atoms in total. The van der Waals surface area contributed by atoms with Crippen LogP contribution in [0.4, 0.5) is 0 Å². The minimum absolute atomic E-state index is 0.0780. The van der Waals surface area contributed by atoms with Crippen LogP contribution in [0.3, 0.4) is 0 Å². The summed E-state index contributed by atoms with van der Waals surface area (Å²) in [4.78, 5) is 22.5. The third kappa shape index (κ3) is 6.22. The molecule has 7 heteroatoms. The molecule has 1 amide bonds. The van der Waals surface area contributed by atoms with E-state index in [1.165, 1.54) is 13.8 Å². The van der Waals surface area contributed by atoms with E-state index in [0.29, 0.717) is 29.8 Å². The molecule has 0 aliphatic rings. The summed E-state index contributed by atoms with van der Waals surface area (Å²) in [7, 11) is 0. The van der Waals surface area contributed by atoms with Crippen molar-refractivity contribution in [3.63, 3.8) is 0 Å². The highest BCUT2D eigenvalue weighted by molar-refractivity contribution is 6.35. The van der Waals surface area contributed by atoms with Crippen molar-refractivity contribution in [3.05, 3.63) is 33.8 Å². The predicted octanol–water partition coefficient (Wildman–Crippen LogP) is 3.13. The van der Waals surface area contributed by atoms with Crippen LogP contribution in [-0.2, 0) is 20.9 Å². The van der Waals surface area contributed by atoms with E-state index < -0.39 is 11.4 Å². The highest BCUT2D eigenvalue weighted by Crippen LogP contribution is 2.21. The molecule has 22 heavy (non-hydrogen) atoms. The van der Waals surface area contributed by atoms with Gasteiger partial charge < -0.3 is 15.2 Å². The molecular formula is C15H19Cl2NO4. The Labute approximate surface area is 139 Å². The molecule has 0 unspecified atom stereocenters. The number of carboxylic acid groups (broad SMARTS) is 1. The predicted molar refractivity (Wildman–Crippen MR) is 85.2 cm³/mol. The van der Waals surface area contributed by atoms with Gasteiger partial charge in [-0.3, -0.25) is 9.59 Å². The number of ether oxygens (including phenoxy) is 1. The van der Waals surface area contributed by atoms with Crippen LogP contribution < -0.4 is 5.32 Å². The van der Waals surface area contributed by atoms with Crippen LogP contribution in [0.2, 0.25) is 10.0 Å². The first-order valence-corrected chi connectivity index (χ1v) is 7.50. The van der Waals surface area contributed by atoms with Gasteiger partial charge in [-0.1, -0.05) is 29.3 Å². The maximum Gasteiger partial charge on any atom is 0.309 e. The molecule has 0 bridgehead atoms. The number of halogens is 2. The quantitative estimate of drug-likeness (QED) is 0.708. The van der Waals surface area contributed by atoms with Gasteiger partial charge in [-0.25, -0.2) is 0 Å². The molecule has 0 aliphatic carbocycles. The Kier molecular flexibility index (Phi) is 7.13. The lowest BCUT2D eigenvalue weighted by Crippen LogP contribution is -2.34. The van der Waals surface area contributed by atoms with E-state index in [1.54, 1.807) is 18.2 Å². The maximum absolute atomic E-state index is 11.6. The minimum Gasteiger partial charge on any atom is -0.481 e. The Bertz CT molecular complexity index is 546. The fourth-order valence-corrected chi connectivity index (χ4v) is 2.09. The number of hydrogen-bond acceptors (Lipinski definition) is 3. The topological polar surface area (TPSA) is 75.6 Å². The third-order valence-corrected chi connectivity index (χ3v) is 3.61. The fraction of sp³-hybridized carbons (Fsp3) is 0.467. The molecule has 1 aromatic carbocycles. The summed E-state index contributed by atoms with van der Waals surface area (Å²) in [5.74, 6) is -1.32. The number of aliphatic carboxylic acids is 1. The van der Waals surface area contributed by atoms with Gasteiger partial charge >= 0.3 is 5.97 Å². The van der Waals surface area contributed by atoms with E-state index in [-0.39, 0.29) is 12.3 Å². The average Bonchev–Trinajstić information content (AvgIpc) is 2.39. The number of rotatable bonds is 8. The van der Waals surface area contributed by atoms with Crippen molar-refractivity contribution in [1.29, 1.82) is 0 Å². The summed E-state index contributed by atoms with van der Waals surface area (Å²) < 4.78 is 5.41. The number of benzene rings is 1. The second kappa shape index (κ2) is 8.36. The second-order valence-electron chi connectivity index (χ2n) is 5.50. The largest absolute Gasteiger partial charge is 0.481 e. The number of nitrogens with one attached hydrogen (secondary N) is 1. The molecule has 0 radical (unpaired) electrons. The zero-order valence-corrected chi connectivity index (χ0v) is 14.0. The monoisotopic (exact) mass is 347 g/mol. The van der Waals surface area contributed by atoms with Crippen molar-refractivity contribution in [1.82, 2.24) is 5.32 Å². The second-order valence-corrected chi connectivity index (χ2v) is 6.35. The molecule has 0 saturated carbocycles. The summed E-state index contributed by atoms with van der Waals surface area (Å²) in [6, 6.07) is 5.14. The normalized spacial score (nSPS) is 11.3. The highest BCUT2D eigenvalue weighted by Gasteiger charge is 2.29. The number of amides is 1. The lowest BCUT2D eigenvalue weighted by molar-refractivity contribution is -0.149. The molecule has 1 aromatic rings. The van der Waals surface area contributed by atoms with Crippen LogP contribution in [0.5, 0.6) is 0 Å². The lowest BCUT2D eigenvalue weighted by atomic mass is 9.89. The highest BCUT2D eigenvalue weighted by atomic mass is 35.5. The first kappa shape index (κ1) is 18.7. The SMILES string of the molecule is CC(C)(CC(=O)NCCOCc1ccc(Cl)cc1Cl)C(=O)O. The third-order valence-electron chi connectivity index (χ3n) is 3.02. The van der Waals surface area contributed by atoms with Crippen LogP contribution in [0.25, 0.3) is 0 Å². The number of carboxylic acids is 1. The van der Waals surface area contributed by atoms with Gasteiger partial charge in [-0.15, -0.1) is 0 Å². The maximum atomic E-state index is 11.6. The van der Waals surface area contributed by atoms with Gasteiger partial charge in [0, 0.05) is 23.0 Å². The first-order chi connectivity index (χ1) is 10.2. The lowest BCUT2D eigenvalue weighted by Gasteiger charge is -2.18. The molecule has 0 fully saturated rings. The van der Waals surface area contributed by atoms with Gasteiger partial charge in [-0.2, -0.15) is 0 Å². The molecule has 0 atom stereocenters. The van der Waals surface area contributed by atoms with Crippen LogP contribution in [-0.4, -0.2) is 30.1 Å². The van der Waals surface area contributed by atoms with Gasteiger partial charge in [-0.05, 0) is 31.5 Å². The van der Waals surface area contributed by atoms with E-state index in [9.17, 15) is 9.59 Å². The van der Waals surface area contributed by atoms with Crippen LogP contribution in [0.1, 0.15) is 25.8 Å². The summed E-state index contributed by atoms with van der Waals surface area (Å²) in [6.07, 6.45) is -0.0780. The Morgan fingerprint density at radius 1 is 1.32 bits per heavy atom. The van der Waals surface area contributed by atoms with Crippen molar-refractivity contribution in [2.24, 2.45) is 5.41 Å². The van der Waals surface area contributed by atoms with E-state index in [0.717, 1.165) is 5.56 Å². The van der Waals surface area contributed by atoms with Crippen LogP contribution in [0.15, 0.2) is 18.2 Å². The van der Waals surface area contributed by atoms with Crippen molar-refractivity contribution >= 4 is 35.1 Å². The zero-order valence-electron chi connectivity index (χ0n) is 12.5. The van der Waals surface area contributed by atoms with E-state index in [2.05, 4.69) is 5.32 Å². The minimum atomic E-state index is -1.08. The molecule has 0 aliphatic heterocycles. The molecule has 0 saturated heterocycles. The number of carbonyl (C=O) groups excluding carboxylic acids is 1. The van der Waals surface area contributed by atoms with E-state index >= 15 is 0 Å². The standard InChI is InChI=1S/C15H19Cl2NO4/c1-15(2,14(20)21)8-13(19)18-5-6-22-9-10-3-4-11(16)7-12(10)17/h3-4,7H,5-6,8-9H2,1-2H3,(H,18,19)(H,20,21). The summed E-state index contributed by atoms with van der Waals surface area (Å²) in [5.41, 5.74) is -0.272. The van der Waals surface area contributed by atoms with Gasteiger partial charge in [0.2, 0.25) is 5.91 Å². The average molecular weight is 348 g/mol. The summed E-state index contributed by atoms with van der Waals surface area (Å²) >= 11 is 11.8.